The highest BCUT2D eigenvalue weighted by atomic mass is 16.7. The van der Waals surface area contributed by atoms with Gasteiger partial charge in [-0.15, -0.1) is 0 Å². The number of carbonyl (C=O) groups is 1. The molecule has 1 fully saturated rings. The van der Waals surface area contributed by atoms with Gasteiger partial charge in [0.1, 0.15) is 5.60 Å². The van der Waals surface area contributed by atoms with Gasteiger partial charge in [0.05, 0.1) is 19.8 Å². The van der Waals surface area contributed by atoms with E-state index in [-0.39, 0.29) is 5.92 Å². The summed E-state index contributed by atoms with van der Waals surface area (Å²) in [6, 6.07) is 3.96. The summed E-state index contributed by atoms with van der Waals surface area (Å²) in [5.74, 6) is -1.05. The normalized spacial score (nSPS) is 34.2. The molecule has 0 amide bonds. The molecule has 6 heteroatoms. The summed E-state index contributed by atoms with van der Waals surface area (Å²) in [5, 5.41) is 11.1. The maximum atomic E-state index is 12.3. The van der Waals surface area contributed by atoms with Gasteiger partial charge in [-0.1, -0.05) is 13.8 Å². The monoisotopic (exact) mass is 378 g/mol. The van der Waals surface area contributed by atoms with Crippen LogP contribution in [-0.4, -0.2) is 42.6 Å². The first-order valence-corrected chi connectivity index (χ1v) is 9.30. The molecule has 0 aromatic heterocycles. The Morgan fingerprint density at radius 1 is 1.30 bits per heavy atom. The van der Waals surface area contributed by atoms with Crippen molar-refractivity contribution < 1.29 is 28.8 Å². The van der Waals surface area contributed by atoms with Crippen molar-refractivity contribution in [3.05, 3.63) is 23.3 Å². The number of hydrogen-bond acceptors (Lipinski definition) is 6. The number of benzene rings is 1. The molecule has 1 N–H and O–H groups in total. The van der Waals surface area contributed by atoms with E-state index in [2.05, 4.69) is 0 Å². The van der Waals surface area contributed by atoms with Crippen molar-refractivity contribution >= 4 is 5.78 Å². The zero-order chi connectivity index (χ0) is 20.2. The van der Waals surface area contributed by atoms with Gasteiger partial charge < -0.3 is 24.1 Å². The minimum Gasteiger partial charge on any atom is -0.493 e. The Kier molecular flexibility index (Phi) is 4.82. The number of ketones is 1. The standard InChI is InChI=1S/C21H30O6/c1-12(22)21(23)19(3,4)17-10-15-8-14(11-24-6)9-16(25-7)18(15)27-20(17,5)13(2)26-21/h8-9,13,17,23H,10-11H2,1-7H3/t13-,17+,20+,21+/m0/s1. The van der Waals surface area contributed by atoms with E-state index in [0.717, 1.165) is 11.1 Å². The quantitative estimate of drug-likeness (QED) is 0.868. The molecular weight excluding hydrogens is 348 g/mol. The van der Waals surface area contributed by atoms with Crippen molar-refractivity contribution in [2.24, 2.45) is 11.3 Å². The number of Topliss-reactive ketones (excluding diaryl/α,β-unsaturated/α-hetero) is 1. The van der Waals surface area contributed by atoms with Gasteiger partial charge in [0.15, 0.2) is 17.3 Å². The van der Waals surface area contributed by atoms with Crippen LogP contribution in [0.1, 0.15) is 45.7 Å². The third-order valence-corrected chi connectivity index (χ3v) is 6.54. The van der Waals surface area contributed by atoms with E-state index in [4.69, 9.17) is 18.9 Å². The average molecular weight is 378 g/mol. The molecular formula is C21H30O6. The van der Waals surface area contributed by atoms with Crippen molar-refractivity contribution in [1.29, 1.82) is 0 Å². The van der Waals surface area contributed by atoms with Crippen LogP contribution in [-0.2, 0) is 27.3 Å². The van der Waals surface area contributed by atoms with Gasteiger partial charge in [0, 0.05) is 25.4 Å². The fourth-order valence-corrected chi connectivity index (χ4v) is 4.74. The molecule has 4 atom stereocenters. The van der Waals surface area contributed by atoms with Crippen LogP contribution >= 0.6 is 0 Å². The molecule has 2 aliphatic rings. The van der Waals surface area contributed by atoms with Crippen molar-refractivity contribution in [3.8, 4) is 11.5 Å². The molecule has 0 bridgehead atoms. The molecule has 3 rings (SSSR count). The zero-order valence-corrected chi connectivity index (χ0v) is 17.2. The van der Waals surface area contributed by atoms with Crippen molar-refractivity contribution in [3.63, 3.8) is 0 Å². The van der Waals surface area contributed by atoms with Gasteiger partial charge in [-0.3, -0.25) is 4.79 Å². The lowest BCUT2D eigenvalue weighted by Gasteiger charge is -2.60. The predicted molar refractivity (Wildman–Crippen MR) is 99.9 cm³/mol. The van der Waals surface area contributed by atoms with Gasteiger partial charge in [-0.2, -0.15) is 0 Å². The number of ether oxygens (including phenoxy) is 4. The molecule has 0 saturated carbocycles. The minimum atomic E-state index is -1.86. The summed E-state index contributed by atoms with van der Waals surface area (Å²) in [6.45, 7) is 9.39. The van der Waals surface area contributed by atoms with Crippen LogP contribution < -0.4 is 9.47 Å². The van der Waals surface area contributed by atoms with Gasteiger partial charge >= 0.3 is 0 Å². The fraction of sp³-hybridized carbons (Fsp3) is 0.667. The molecule has 1 aromatic rings. The molecule has 1 aromatic carbocycles. The maximum absolute atomic E-state index is 12.3. The highest BCUT2D eigenvalue weighted by Gasteiger charge is 2.67. The van der Waals surface area contributed by atoms with Gasteiger partial charge in [-0.05, 0) is 43.5 Å². The van der Waals surface area contributed by atoms with Crippen LogP contribution in [0.2, 0.25) is 0 Å². The van der Waals surface area contributed by atoms with Crippen molar-refractivity contribution in [1.82, 2.24) is 0 Å². The second-order valence-electron chi connectivity index (χ2n) is 8.44. The largest absolute Gasteiger partial charge is 0.493 e. The lowest BCUT2D eigenvalue weighted by molar-refractivity contribution is -0.346. The number of methoxy groups -OCH3 is 2. The van der Waals surface area contributed by atoms with Crippen LogP contribution in [0.15, 0.2) is 12.1 Å². The first-order chi connectivity index (χ1) is 12.5. The summed E-state index contributed by atoms with van der Waals surface area (Å²) < 4.78 is 23.2. The van der Waals surface area contributed by atoms with Gasteiger partial charge in [0.2, 0.25) is 5.79 Å². The van der Waals surface area contributed by atoms with E-state index < -0.39 is 28.7 Å². The predicted octanol–water partition coefficient (Wildman–Crippen LogP) is 2.87. The molecule has 0 radical (unpaired) electrons. The maximum Gasteiger partial charge on any atom is 0.232 e. The average Bonchev–Trinajstić information content (AvgIpc) is 2.59. The third-order valence-electron chi connectivity index (χ3n) is 6.54. The number of aliphatic hydroxyl groups is 1. The van der Waals surface area contributed by atoms with E-state index in [9.17, 15) is 9.90 Å². The highest BCUT2D eigenvalue weighted by molar-refractivity contribution is 5.84. The molecule has 150 valence electrons. The molecule has 2 heterocycles. The Morgan fingerprint density at radius 2 is 1.96 bits per heavy atom. The Labute approximate surface area is 160 Å². The van der Waals surface area contributed by atoms with E-state index in [1.807, 2.05) is 39.8 Å². The molecule has 2 aliphatic heterocycles. The second kappa shape index (κ2) is 6.47. The van der Waals surface area contributed by atoms with Crippen LogP contribution in [0.3, 0.4) is 0 Å². The van der Waals surface area contributed by atoms with E-state index in [0.29, 0.717) is 24.5 Å². The zero-order valence-electron chi connectivity index (χ0n) is 17.2. The number of carbonyl (C=O) groups excluding carboxylic acids is 1. The van der Waals surface area contributed by atoms with Crippen LogP contribution in [0.4, 0.5) is 0 Å². The highest BCUT2D eigenvalue weighted by Crippen LogP contribution is 2.57. The van der Waals surface area contributed by atoms with Gasteiger partial charge in [-0.25, -0.2) is 0 Å². The molecule has 27 heavy (non-hydrogen) atoms. The second-order valence-corrected chi connectivity index (χ2v) is 8.44. The SMILES string of the molecule is COCc1cc2c(c(OC)c1)O[C@]1(C)[C@H](C)O[C@](O)(C(C)=O)C(C)(C)[C@H]1C2. The van der Waals surface area contributed by atoms with Crippen LogP contribution in [0.25, 0.3) is 0 Å². The molecule has 1 saturated heterocycles. The topological polar surface area (TPSA) is 74.2 Å². The smallest absolute Gasteiger partial charge is 0.232 e. The Hall–Kier alpha value is -1.63. The molecule has 0 spiro atoms. The van der Waals surface area contributed by atoms with E-state index >= 15 is 0 Å². The summed E-state index contributed by atoms with van der Waals surface area (Å²) >= 11 is 0. The minimum absolute atomic E-state index is 0.141. The van der Waals surface area contributed by atoms with Gasteiger partial charge in [0.25, 0.3) is 0 Å². The number of rotatable bonds is 4. The number of hydrogen-bond donors (Lipinski definition) is 1. The molecule has 0 aliphatic carbocycles. The van der Waals surface area contributed by atoms with E-state index in [1.54, 1.807) is 14.2 Å². The molecule has 0 unspecified atom stereocenters. The lowest BCUT2D eigenvalue weighted by Crippen LogP contribution is -2.72. The van der Waals surface area contributed by atoms with Crippen LogP contribution in [0, 0.1) is 11.3 Å². The van der Waals surface area contributed by atoms with Crippen molar-refractivity contribution in [2.45, 2.75) is 65.1 Å². The Morgan fingerprint density at radius 3 is 2.52 bits per heavy atom. The van der Waals surface area contributed by atoms with E-state index in [1.165, 1.54) is 6.92 Å². The third kappa shape index (κ3) is 2.77. The summed E-state index contributed by atoms with van der Waals surface area (Å²) in [7, 11) is 3.26. The fourth-order valence-electron chi connectivity index (χ4n) is 4.74. The first kappa shape index (κ1) is 20.1. The Balaban J connectivity index is 2.14. The lowest BCUT2D eigenvalue weighted by atomic mass is 9.58. The number of fused-ring (bicyclic) bond motifs is 2. The van der Waals surface area contributed by atoms with Crippen molar-refractivity contribution in [2.75, 3.05) is 14.2 Å². The summed E-state index contributed by atoms with van der Waals surface area (Å²) in [5.41, 5.74) is 0.410. The molecule has 6 nitrogen and oxygen atoms in total. The summed E-state index contributed by atoms with van der Waals surface area (Å²) in [4.78, 5) is 12.3. The first-order valence-electron chi connectivity index (χ1n) is 9.30. The van der Waals surface area contributed by atoms with Crippen LogP contribution in [0.5, 0.6) is 11.5 Å². The Bertz CT molecular complexity index is 757. The summed E-state index contributed by atoms with van der Waals surface area (Å²) in [6.07, 6.45) is 0.150.